The van der Waals surface area contributed by atoms with Gasteiger partial charge in [-0.2, -0.15) is 0 Å². The maximum atomic E-state index is 10.9. The quantitative estimate of drug-likeness (QED) is 0.533. The molecule has 4 saturated carbocycles. The smallest absolute Gasteiger partial charge is 0.303 e. The third kappa shape index (κ3) is 4.04. The first-order valence-corrected chi connectivity index (χ1v) is 12.6. The van der Waals surface area contributed by atoms with Crippen LogP contribution in [0.5, 0.6) is 0 Å². The highest BCUT2D eigenvalue weighted by Crippen LogP contribution is 2.67. The van der Waals surface area contributed by atoms with Crippen LogP contribution in [-0.4, -0.2) is 11.1 Å². The topological polar surface area (TPSA) is 37.3 Å². The average Bonchev–Trinajstić information content (AvgIpc) is 2.98. The summed E-state index contributed by atoms with van der Waals surface area (Å²) < 4.78 is 0. The first-order chi connectivity index (χ1) is 13.4. The van der Waals surface area contributed by atoms with Crippen molar-refractivity contribution in [3.8, 4) is 0 Å². The van der Waals surface area contributed by atoms with E-state index in [0.29, 0.717) is 17.3 Å². The van der Waals surface area contributed by atoms with Crippen LogP contribution in [-0.2, 0) is 4.79 Å². The molecule has 0 heterocycles. The summed E-state index contributed by atoms with van der Waals surface area (Å²) in [6, 6.07) is 0. The summed E-state index contributed by atoms with van der Waals surface area (Å²) in [5.41, 5.74) is 1.15. The van der Waals surface area contributed by atoms with Crippen LogP contribution in [0.25, 0.3) is 0 Å². The number of carbonyl (C=O) groups is 1. The summed E-state index contributed by atoms with van der Waals surface area (Å²) >= 11 is 0. The van der Waals surface area contributed by atoms with E-state index in [2.05, 4.69) is 27.7 Å². The average molecular weight is 391 g/mol. The Bertz CT molecular complexity index is 529. The third-order valence-electron chi connectivity index (χ3n) is 9.72. The molecule has 2 nitrogen and oxygen atoms in total. The minimum Gasteiger partial charge on any atom is -0.481 e. The maximum absolute atomic E-state index is 10.9. The number of carboxylic acids is 1. The fourth-order valence-electron chi connectivity index (χ4n) is 8.38. The Hall–Kier alpha value is -0.530. The molecule has 4 aliphatic rings. The van der Waals surface area contributed by atoms with E-state index in [0.717, 1.165) is 42.4 Å². The standard InChI is InChI=1S/C23H38O2.C3H8/c1-22-14-4-3-6-16(22)9-11-18-19-12-10-17(7-5-8-21(24)25)23(19,2)15-13-20(18)22;1-3-2/h16-20H,3-15H2,1-2H3,(H,24,25);3H2,1-2H3. The molecule has 1 N–H and O–H groups in total. The molecule has 2 heteroatoms. The van der Waals surface area contributed by atoms with Gasteiger partial charge >= 0.3 is 5.97 Å². The first kappa shape index (κ1) is 22.2. The zero-order chi connectivity index (χ0) is 20.4. The zero-order valence-corrected chi connectivity index (χ0v) is 19.1. The lowest BCUT2D eigenvalue weighted by molar-refractivity contribution is -0.137. The van der Waals surface area contributed by atoms with Crippen molar-refractivity contribution in [3.63, 3.8) is 0 Å². The first-order valence-electron chi connectivity index (χ1n) is 12.6. The fraction of sp³-hybridized carbons (Fsp3) is 0.962. The van der Waals surface area contributed by atoms with Crippen LogP contribution in [0.3, 0.4) is 0 Å². The summed E-state index contributed by atoms with van der Waals surface area (Å²) in [6.45, 7) is 9.50. The van der Waals surface area contributed by atoms with E-state index in [-0.39, 0.29) is 0 Å². The van der Waals surface area contributed by atoms with E-state index in [1.807, 2.05) is 0 Å². The normalized spacial score (nSPS) is 44.5. The van der Waals surface area contributed by atoms with Gasteiger partial charge in [0, 0.05) is 6.42 Å². The molecule has 0 aromatic heterocycles. The molecular weight excluding hydrogens is 344 g/mol. The minimum atomic E-state index is -0.619. The van der Waals surface area contributed by atoms with Crippen molar-refractivity contribution in [2.75, 3.05) is 0 Å². The van der Waals surface area contributed by atoms with E-state index in [1.165, 1.54) is 70.6 Å². The highest BCUT2D eigenvalue weighted by molar-refractivity contribution is 5.66. The SMILES string of the molecule is CC12CCCCC1CCC1C2CCC2(C)C(CCCC(=O)O)CCC12.CCC. The molecule has 0 aromatic carbocycles. The maximum Gasteiger partial charge on any atom is 0.303 e. The molecule has 0 amide bonds. The van der Waals surface area contributed by atoms with Crippen molar-refractivity contribution in [1.82, 2.24) is 0 Å². The number of rotatable bonds is 4. The molecule has 162 valence electrons. The van der Waals surface area contributed by atoms with E-state index >= 15 is 0 Å². The van der Waals surface area contributed by atoms with Crippen LogP contribution in [0.4, 0.5) is 0 Å². The van der Waals surface area contributed by atoms with Gasteiger partial charge in [-0.3, -0.25) is 4.79 Å². The van der Waals surface area contributed by atoms with E-state index in [4.69, 9.17) is 5.11 Å². The molecule has 0 saturated heterocycles. The van der Waals surface area contributed by atoms with Gasteiger partial charge in [0.2, 0.25) is 0 Å². The van der Waals surface area contributed by atoms with Crippen LogP contribution >= 0.6 is 0 Å². The Labute approximate surface area is 174 Å². The van der Waals surface area contributed by atoms with Crippen molar-refractivity contribution in [2.24, 2.45) is 40.4 Å². The van der Waals surface area contributed by atoms with Gasteiger partial charge in [0.1, 0.15) is 0 Å². The van der Waals surface area contributed by atoms with Crippen LogP contribution in [0, 0.1) is 40.4 Å². The van der Waals surface area contributed by atoms with Gasteiger partial charge in [-0.1, -0.05) is 47.0 Å². The lowest BCUT2D eigenvalue weighted by Gasteiger charge is -2.60. The molecular formula is C26H46O2. The molecule has 0 aliphatic heterocycles. The van der Waals surface area contributed by atoms with Crippen LogP contribution < -0.4 is 0 Å². The van der Waals surface area contributed by atoms with Gasteiger partial charge in [-0.25, -0.2) is 0 Å². The van der Waals surface area contributed by atoms with Gasteiger partial charge in [0.05, 0.1) is 0 Å². The zero-order valence-electron chi connectivity index (χ0n) is 19.1. The monoisotopic (exact) mass is 390 g/mol. The lowest BCUT2D eigenvalue weighted by Crippen LogP contribution is -2.52. The molecule has 7 unspecified atom stereocenters. The number of fused-ring (bicyclic) bond motifs is 5. The van der Waals surface area contributed by atoms with E-state index in [9.17, 15) is 4.79 Å². The predicted molar refractivity (Wildman–Crippen MR) is 117 cm³/mol. The van der Waals surface area contributed by atoms with E-state index < -0.39 is 5.97 Å². The molecule has 7 atom stereocenters. The van der Waals surface area contributed by atoms with E-state index in [1.54, 1.807) is 0 Å². The van der Waals surface area contributed by atoms with Crippen molar-refractivity contribution in [2.45, 2.75) is 118 Å². The third-order valence-corrected chi connectivity index (χ3v) is 9.72. The summed E-state index contributed by atoms with van der Waals surface area (Å²) in [7, 11) is 0. The lowest BCUT2D eigenvalue weighted by atomic mass is 9.45. The Kier molecular flexibility index (Phi) is 7.19. The molecule has 0 spiro atoms. The van der Waals surface area contributed by atoms with Gasteiger partial charge in [-0.05, 0) is 105 Å². The number of aliphatic carboxylic acids is 1. The molecule has 0 radical (unpaired) electrons. The minimum absolute atomic E-state index is 0.364. The largest absolute Gasteiger partial charge is 0.481 e. The van der Waals surface area contributed by atoms with Gasteiger partial charge < -0.3 is 5.11 Å². The van der Waals surface area contributed by atoms with Crippen molar-refractivity contribution >= 4 is 5.97 Å². The summed E-state index contributed by atoms with van der Waals surface area (Å²) in [5, 5.41) is 8.98. The molecule has 28 heavy (non-hydrogen) atoms. The Balaban J connectivity index is 0.000000706. The van der Waals surface area contributed by atoms with Gasteiger partial charge in [0.25, 0.3) is 0 Å². The Morgan fingerprint density at radius 1 is 0.893 bits per heavy atom. The second-order valence-corrected chi connectivity index (χ2v) is 11.2. The second kappa shape index (κ2) is 9.09. The Morgan fingerprint density at radius 2 is 1.61 bits per heavy atom. The van der Waals surface area contributed by atoms with Crippen LogP contribution in [0.1, 0.15) is 118 Å². The molecule has 4 aliphatic carbocycles. The summed E-state index contributed by atoms with van der Waals surface area (Å²) in [6.07, 6.45) is 18.2. The molecule has 4 rings (SSSR count). The molecule has 4 fully saturated rings. The van der Waals surface area contributed by atoms with Gasteiger partial charge in [-0.15, -0.1) is 0 Å². The molecule has 0 aromatic rings. The highest BCUT2D eigenvalue weighted by atomic mass is 16.4. The number of carboxylic acid groups (broad SMARTS) is 1. The predicted octanol–water partition coefficient (Wildman–Crippen LogP) is 7.71. The van der Waals surface area contributed by atoms with Gasteiger partial charge in [0.15, 0.2) is 0 Å². The van der Waals surface area contributed by atoms with Crippen molar-refractivity contribution in [1.29, 1.82) is 0 Å². The summed E-state index contributed by atoms with van der Waals surface area (Å²) in [5.74, 6) is 4.08. The van der Waals surface area contributed by atoms with Crippen molar-refractivity contribution < 1.29 is 9.90 Å². The fourth-order valence-corrected chi connectivity index (χ4v) is 8.38. The molecule has 0 bridgehead atoms. The van der Waals surface area contributed by atoms with Crippen molar-refractivity contribution in [3.05, 3.63) is 0 Å². The Morgan fingerprint density at radius 3 is 2.32 bits per heavy atom. The highest BCUT2D eigenvalue weighted by Gasteiger charge is 2.59. The van der Waals surface area contributed by atoms with Crippen LogP contribution in [0.15, 0.2) is 0 Å². The second-order valence-electron chi connectivity index (χ2n) is 11.2. The number of hydrogen-bond acceptors (Lipinski definition) is 1. The number of hydrogen-bond donors (Lipinski definition) is 1. The summed E-state index contributed by atoms with van der Waals surface area (Å²) in [4.78, 5) is 10.9. The van der Waals surface area contributed by atoms with Crippen LogP contribution in [0.2, 0.25) is 0 Å².